The molecular weight excluding hydrogens is 412 g/mol. The van der Waals surface area contributed by atoms with E-state index in [1.165, 1.54) is 0 Å². The second kappa shape index (κ2) is 9.58. The van der Waals surface area contributed by atoms with Gasteiger partial charge in [0.15, 0.2) is 0 Å². The van der Waals surface area contributed by atoms with Crippen molar-refractivity contribution in [3.8, 4) is 17.2 Å². The topological polar surface area (TPSA) is 52.5 Å². The van der Waals surface area contributed by atoms with E-state index in [1.807, 2.05) is 42.5 Å². The first-order chi connectivity index (χ1) is 15.2. The SMILES string of the molecule is COc1cccc(NC(=O)c2cccc(Oc3ccc4c(ccn4CCCCl)c3)c2)c1. The van der Waals surface area contributed by atoms with Crippen LogP contribution in [0.5, 0.6) is 17.2 Å². The van der Waals surface area contributed by atoms with Gasteiger partial charge in [-0.3, -0.25) is 4.79 Å². The number of aromatic nitrogens is 1. The number of nitrogens with one attached hydrogen (secondary N) is 1. The van der Waals surface area contributed by atoms with Crippen LogP contribution in [-0.4, -0.2) is 23.5 Å². The maximum absolute atomic E-state index is 12.7. The summed E-state index contributed by atoms with van der Waals surface area (Å²) in [5.41, 5.74) is 2.32. The van der Waals surface area contributed by atoms with Gasteiger partial charge in [0.2, 0.25) is 0 Å². The Morgan fingerprint density at radius 1 is 0.968 bits per heavy atom. The molecule has 0 fully saturated rings. The Morgan fingerprint density at radius 2 is 1.77 bits per heavy atom. The molecule has 31 heavy (non-hydrogen) atoms. The number of hydrogen-bond acceptors (Lipinski definition) is 3. The minimum absolute atomic E-state index is 0.217. The fourth-order valence-electron chi connectivity index (χ4n) is 3.41. The molecule has 0 saturated carbocycles. The minimum Gasteiger partial charge on any atom is -0.497 e. The number of aryl methyl sites for hydroxylation is 1. The minimum atomic E-state index is -0.217. The molecule has 3 aromatic carbocycles. The number of hydrogen-bond donors (Lipinski definition) is 1. The summed E-state index contributed by atoms with van der Waals surface area (Å²) in [4.78, 5) is 12.7. The van der Waals surface area contributed by atoms with Crippen molar-refractivity contribution >= 4 is 34.1 Å². The number of halogens is 1. The van der Waals surface area contributed by atoms with Crippen LogP contribution in [0.4, 0.5) is 5.69 Å². The first-order valence-corrected chi connectivity index (χ1v) is 10.6. The van der Waals surface area contributed by atoms with Gasteiger partial charge in [0, 0.05) is 46.8 Å². The van der Waals surface area contributed by atoms with Crippen molar-refractivity contribution in [2.45, 2.75) is 13.0 Å². The average molecular weight is 435 g/mol. The highest BCUT2D eigenvalue weighted by molar-refractivity contribution is 6.17. The normalized spacial score (nSPS) is 10.8. The molecule has 0 aliphatic rings. The zero-order valence-corrected chi connectivity index (χ0v) is 17.9. The monoisotopic (exact) mass is 434 g/mol. The van der Waals surface area contributed by atoms with Crippen LogP contribution in [0, 0.1) is 0 Å². The Morgan fingerprint density at radius 3 is 2.61 bits per heavy atom. The van der Waals surface area contributed by atoms with Gasteiger partial charge in [-0.05, 0) is 61.0 Å². The number of carbonyl (C=O) groups is 1. The van der Waals surface area contributed by atoms with Crippen molar-refractivity contribution in [2.75, 3.05) is 18.3 Å². The van der Waals surface area contributed by atoms with Crippen molar-refractivity contribution < 1.29 is 14.3 Å². The van der Waals surface area contributed by atoms with Gasteiger partial charge in [-0.1, -0.05) is 12.1 Å². The summed E-state index contributed by atoms with van der Waals surface area (Å²) in [6.45, 7) is 0.887. The lowest BCUT2D eigenvalue weighted by molar-refractivity contribution is 0.102. The highest BCUT2D eigenvalue weighted by Crippen LogP contribution is 2.27. The van der Waals surface area contributed by atoms with Crippen LogP contribution in [-0.2, 0) is 6.54 Å². The van der Waals surface area contributed by atoms with Gasteiger partial charge in [0.1, 0.15) is 17.2 Å². The number of ether oxygens (including phenoxy) is 2. The maximum Gasteiger partial charge on any atom is 0.255 e. The Bertz CT molecular complexity index is 1200. The summed E-state index contributed by atoms with van der Waals surface area (Å²) in [7, 11) is 1.59. The van der Waals surface area contributed by atoms with Gasteiger partial charge in [0.05, 0.1) is 7.11 Å². The van der Waals surface area contributed by atoms with Crippen molar-refractivity contribution in [2.24, 2.45) is 0 Å². The zero-order valence-electron chi connectivity index (χ0n) is 17.2. The quantitative estimate of drug-likeness (QED) is 0.330. The molecule has 0 aliphatic heterocycles. The van der Waals surface area contributed by atoms with E-state index in [0.29, 0.717) is 34.4 Å². The third-order valence-corrected chi connectivity index (χ3v) is 5.20. The summed E-state index contributed by atoms with van der Waals surface area (Å²) < 4.78 is 13.4. The fourth-order valence-corrected chi connectivity index (χ4v) is 3.53. The van der Waals surface area contributed by atoms with E-state index in [0.717, 1.165) is 23.9 Å². The van der Waals surface area contributed by atoms with Gasteiger partial charge in [0.25, 0.3) is 5.91 Å². The highest BCUT2D eigenvalue weighted by atomic mass is 35.5. The molecule has 4 rings (SSSR count). The van der Waals surface area contributed by atoms with Crippen LogP contribution in [0.1, 0.15) is 16.8 Å². The molecule has 0 saturated heterocycles. The zero-order chi connectivity index (χ0) is 21.6. The second-order valence-corrected chi connectivity index (χ2v) is 7.47. The predicted molar refractivity (Wildman–Crippen MR) is 125 cm³/mol. The summed E-state index contributed by atoms with van der Waals surface area (Å²) in [5, 5.41) is 3.98. The number of methoxy groups -OCH3 is 1. The molecule has 5 nitrogen and oxygen atoms in total. The average Bonchev–Trinajstić information content (AvgIpc) is 3.20. The number of rotatable bonds is 8. The lowest BCUT2D eigenvalue weighted by atomic mass is 10.2. The number of carbonyl (C=O) groups excluding carboxylic acids is 1. The first-order valence-electron chi connectivity index (χ1n) is 10.0. The number of benzene rings is 3. The molecule has 4 aromatic rings. The number of alkyl halides is 1. The molecule has 158 valence electrons. The third kappa shape index (κ3) is 5.01. The highest BCUT2D eigenvalue weighted by Gasteiger charge is 2.09. The predicted octanol–water partition coefficient (Wildman–Crippen LogP) is 6.32. The largest absolute Gasteiger partial charge is 0.497 e. The van der Waals surface area contributed by atoms with Crippen LogP contribution in [0.15, 0.2) is 79.0 Å². The van der Waals surface area contributed by atoms with Crippen molar-refractivity contribution in [3.05, 3.63) is 84.6 Å². The molecule has 0 spiro atoms. The molecule has 6 heteroatoms. The molecule has 0 radical (unpaired) electrons. The van der Waals surface area contributed by atoms with E-state index in [9.17, 15) is 4.79 Å². The van der Waals surface area contributed by atoms with Crippen LogP contribution in [0.3, 0.4) is 0 Å². The Balaban J connectivity index is 1.48. The molecule has 0 unspecified atom stereocenters. The van der Waals surface area contributed by atoms with E-state index in [4.69, 9.17) is 21.1 Å². The third-order valence-electron chi connectivity index (χ3n) is 4.93. The van der Waals surface area contributed by atoms with Gasteiger partial charge in [-0.15, -0.1) is 11.6 Å². The van der Waals surface area contributed by atoms with Crippen LogP contribution in [0.25, 0.3) is 10.9 Å². The maximum atomic E-state index is 12.7. The summed E-state index contributed by atoms with van der Waals surface area (Å²) in [5.74, 6) is 2.42. The Kier molecular flexibility index (Phi) is 6.43. The Labute approximate surface area is 186 Å². The number of amides is 1. The van der Waals surface area contributed by atoms with E-state index in [1.54, 1.807) is 31.4 Å². The molecule has 1 aromatic heterocycles. The van der Waals surface area contributed by atoms with Crippen LogP contribution in [0.2, 0.25) is 0 Å². The van der Waals surface area contributed by atoms with E-state index >= 15 is 0 Å². The molecule has 1 amide bonds. The summed E-state index contributed by atoms with van der Waals surface area (Å²) in [6.07, 6.45) is 2.98. The molecule has 1 N–H and O–H groups in total. The lowest BCUT2D eigenvalue weighted by Crippen LogP contribution is -2.11. The number of nitrogens with zero attached hydrogens (tertiary/aromatic N) is 1. The standard InChI is InChI=1S/C25H23ClN2O3/c1-30-21-7-3-6-20(17-21)27-25(29)19-5-2-8-22(16-19)31-23-9-10-24-18(15-23)11-14-28(24)13-4-12-26/h2-3,5-11,14-17H,4,12-13H2,1H3,(H,27,29). The number of anilines is 1. The second-order valence-electron chi connectivity index (χ2n) is 7.09. The van der Waals surface area contributed by atoms with E-state index in [2.05, 4.69) is 22.1 Å². The first kappa shape index (κ1) is 20.8. The van der Waals surface area contributed by atoms with E-state index in [-0.39, 0.29) is 5.91 Å². The van der Waals surface area contributed by atoms with Crippen LogP contribution < -0.4 is 14.8 Å². The molecule has 1 heterocycles. The van der Waals surface area contributed by atoms with Gasteiger partial charge in [-0.2, -0.15) is 0 Å². The fraction of sp³-hybridized carbons (Fsp3) is 0.160. The van der Waals surface area contributed by atoms with Crippen molar-refractivity contribution in [1.29, 1.82) is 0 Å². The van der Waals surface area contributed by atoms with Crippen molar-refractivity contribution in [1.82, 2.24) is 4.57 Å². The smallest absolute Gasteiger partial charge is 0.255 e. The van der Waals surface area contributed by atoms with Crippen LogP contribution >= 0.6 is 11.6 Å². The Hall–Kier alpha value is -3.44. The summed E-state index contributed by atoms with van der Waals surface area (Å²) >= 11 is 5.81. The summed E-state index contributed by atoms with van der Waals surface area (Å²) in [6, 6.07) is 22.4. The number of fused-ring (bicyclic) bond motifs is 1. The van der Waals surface area contributed by atoms with Crippen molar-refractivity contribution in [3.63, 3.8) is 0 Å². The van der Waals surface area contributed by atoms with Gasteiger partial charge >= 0.3 is 0 Å². The van der Waals surface area contributed by atoms with E-state index < -0.39 is 0 Å². The molecule has 0 atom stereocenters. The molecule has 0 aliphatic carbocycles. The molecule has 0 bridgehead atoms. The van der Waals surface area contributed by atoms with Gasteiger partial charge < -0.3 is 19.4 Å². The van der Waals surface area contributed by atoms with Gasteiger partial charge in [-0.25, -0.2) is 0 Å². The molecular formula is C25H23ClN2O3. The lowest BCUT2D eigenvalue weighted by Gasteiger charge is -2.10.